The van der Waals surface area contributed by atoms with E-state index in [-0.39, 0.29) is 5.76 Å². The lowest BCUT2D eigenvalue weighted by Crippen LogP contribution is -2.13. The molecule has 0 bridgehead atoms. The SMILES string of the molecule is COc1cc2cc(-c3ccccc3)n(Cc3ccc(C(=O)CS(C)(=O)=O)o3)c2cc1Cl. The lowest BCUT2D eigenvalue weighted by Gasteiger charge is -2.10. The second-order valence-corrected chi connectivity index (χ2v) is 9.83. The number of furan rings is 1. The van der Waals surface area contributed by atoms with Crippen LogP contribution in [0.5, 0.6) is 5.75 Å². The van der Waals surface area contributed by atoms with E-state index in [1.165, 1.54) is 6.07 Å². The molecule has 4 aromatic rings. The second-order valence-electron chi connectivity index (χ2n) is 7.29. The summed E-state index contributed by atoms with van der Waals surface area (Å²) in [5.74, 6) is -0.0204. The Hall–Kier alpha value is -3.03. The maximum Gasteiger partial charge on any atom is 0.212 e. The lowest BCUT2D eigenvalue weighted by atomic mass is 10.1. The van der Waals surface area contributed by atoms with Gasteiger partial charge in [-0.3, -0.25) is 4.79 Å². The first-order valence-electron chi connectivity index (χ1n) is 9.47. The van der Waals surface area contributed by atoms with Crippen LogP contribution in [0.3, 0.4) is 0 Å². The molecule has 31 heavy (non-hydrogen) atoms. The van der Waals surface area contributed by atoms with Crippen molar-refractivity contribution in [2.45, 2.75) is 6.54 Å². The quantitative estimate of drug-likeness (QED) is 0.371. The van der Waals surface area contributed by atoms with E-state index in [9.17, 15) is 13.2 Å². The number of Topliss-reactive ketones (excluding diaryl/α,β-unsaturated/α-hetero) is 1. The minimum absolute atomic E-state index is 0.0258. The average molecular weight is 458 g/mol. The third kappa shape index (κ3) is 4.52. The fraction of sp³-hybridized carbons (Fsp3) is 0.174. The largest absolute Gasteiger partial charge is 0.495 e. The second kappa shape index (κ2) is 8.24. The highest BCUT2D eigenvalue weighted by atomic mass is 35.5. The monoisotopic (exact) mass is 457 g/mol. The fourth-order valence-electron chi connectivity index (χ4n) is 3.52. The number of hydrogen-bond donors (Lipinski definition) is 0. The molecule has 0 aliphatic rings. The maximum absolute atomic E-state index is 12.2. The lowest BCUT2D eigenvalue weighted by molar-refractivity contribution is 0.0989. The van der Waals surface area contributed by atoms with Gasteiger partial charge in [-0.2, -0.15) is 0 Å². The molecule has 2 heterocycles. The molecule has 0 saturated heterocycles. The number of fused-ring (bicyclic) bond motifs is 1. The maximum atomic E-state index is 12.2. The molecule has 0 spiro atoms. The summed E-state index contributed by atoms with van der Waals surface area (Å²) >= 11 is 6.38. The van der Waals surface area contributed by atoms with Crippen molar-refractivity contribution in [3.8, 4) is 17.0 Å². The molecular formula is C23H20ClNO5S. The molecule has 0 aliphatic heterocycles. The molecule has 0 unspecified atom stereocenters. The smallest absolute Gasteiger partial charge is 0.212 e. The van der Waals surface area contributed by atoms with Gasteiger partial charge in [0.15, 0.2) is 15.6 Å². The van der Waals surface area contributed by atoms with Gasteiger partial charge in [-0.15, -0.1) is 0 Å². The number of halogens is 1. The Kier molecular flexibility index (Phi) is 5.64. The number of benzene rings is 2. The van der Waals surface area contributed by atoms with E-state index in [0.717, 1.165) is 28.4 Å². The Labute approximate surface area is 184 Å². The van der Waals surface area contributed by atoms with Gasteiger partial charge in [0.1, 0.15) is 17.3 Å². The standard InChI is InChI=1S/C23H20ClNO5S/c1-29-23-11-16-10-19(15-6-4-3-5-7-15)25(20(16)12-18(23)24)13-17-8-9-22(30-17)21(26)14-31(2,27)28/h3-12H,13-14H2,1-2H3. The summed E-state index contributed by atoms with van der Waals surface area (Å²) in [7, 11) is -1.87. The summed E-state index contributed by atoms with van der Waals surface area (Å²) in [5, 5.41) is 1.43. The number of ether oxygens (including phenoxy) is 1. The number of aromatic nitrogens is 1. The number of carbonyl (C=O) groups is 1. The van der Waals surface area contributed by atoms with Crippen LogP contribution in [0, 0.1) is 0 Å². The molecule has 0 atom stereocenters. The van der Waals surface area contributed by atoms with E-state index < -0.39 is 21.4 Å². The molecule has 0 fully saturated rings. The molecule has 0 N–H and O–H groups in total. The molecule has 2 aromatic heterocycles. The Bertz CT molecular complexity index is 1370. The van der Waals surface area contributed by atoms with Gasteiger partial charge in [-0.25, -0.2) is 8.42 Å². The van der Waals surface area contributed by atoms with Crippen molar-refractivity contribution in [2.24, 2.45) is 0 Å². The zero-order valence-electron chi connectivity index (χ0n) is 17.0. The molecule has 0 saturated carbocycles. The van der Waals surface area contributed by atoms with Crippen LogP contribution in [-0.2, 0) is 16.4 Å². The van der Waals surface area contributed by atoms with Gasteiger partial charge in [0, 0.05) is 17.3 Å². The predicted octanol–water partition coefficient (Wildman–Crippen LogP) is 4.84. The minimum atomic E-state index is -3.44. The normalized spacial score (nSPS) is 11.7. The van der Waals surface area contributed by atoms with Crippen molar-refractivity contribution in [1.82, 2.24) is 4.57 Å². The molecular weight excluding hydrogens is 438 g/mol. The van der Waals surface area contributed by atoms with Gasteiger partial charge in [0.2, 0.25) is 5.78 Å². The van der Waals surface area contributed by atoms with Crippen molar-refractivity contribution in [2.75, 3.05) is 19.1 Å². The average Bonchev–Trinajstić information content (AvgIpc) is 3.32. The third-order valence-electron chi connectivity index (χ3n) is 4.89. The highest BCUT2D eigenvalue weighted by Crippen LogP contribution is 2.35. The van der Waals surface area contributed by atoms with E-state index in [0.29, 0.717) is 23.1 Å². The number of sulfone groups is 1. The van der Waals surface area contributed by atoms with E-state index in [1.54, 1.807) is 13.2 Å². The van der Waals surface area contributed by atoms with Gasteiger partial charge in [-0.1, -0.05) is 41.9 Å². The molecule has 0 radical (unpaired) electrons. The van der Waals surface area contributed by atoms with E-state index in [2.05, 4.69) is 0 Å². The zero-order valence-corrected chi connectivity index (χ0v) is 18.5. The molecule has 0 aliphatic carbocycles. The van der Waals surface area contributed by atoms with E-state index in [4.69, 9.17) is 20.8 Å². The van der Waals surface area contributed by atoms with Gasteiger partial charge in [0.05, 0.1) is 24.2 Å². The Balaban J connectivity index is 1.78. The molecule has 160 valence electrons. The van der Waals surface area contributed by atoms with Crippen LogP contribution in [-0.4, -0.2) is 37.9 Å². The van der Waals surface area contributed by atoms with Crippen LogP contribution in [0.1, 0.15) is 16.3 Å². The van der Waals surface area contributed by atoms with Crippen LogP contribution in [0.25, 0.3) is 22.2 Å². The first-order chi connectivity index (χ1) is 14.7. The van der Waals surface area contributed by atoms with Gasteiger partial charge in [-0.05, 0) is 35.9 Å². The number of nitrogens with zero attached hydrogens (tertiary/aromatic N) is 1. The van der Waals surface area contributed by atoms with Crippen LogP contribution < -0.4 is 4.74 Å². The van der Waals surface area contributed by atoms with Crippen molar-refractivity contribution in [1.29, 1.82) is 0 Å². The summed E-state index contributed by atoms with van der Waals surface area (Å²) < 4.78 is 35.9. The Morgan fingerprint density at radius 3 is 2.52 bits per heavy atom. The third-order valence-corrected chi connectivity index (χ3v) is 5.97. The molecule has 2 aromatic carbocycles. The highest BCUT2D eigenvalue weighted by molar-refractivity contribution is 7.91. The van der Waals surface area contributed by atoms with Gasteiger partial charge < -0.3 is 13.7 Å². The molecule has 0 amide bonds. The Morgan fingerprint density at radius 2 is 1.84 bits per heavy atom. The van der Waals surface area contributed by atoms with Crippen molar-refractivity contribution < 1.29 is 22.4 Å². The van der Waals surface area contributed by atoms with E-state index >= 15 is 0 Å². The summed E-state index contributed by atoms with van der Waals surface area (Å²) in [6.45, 7) is 0.336. The van der Waals surface area contributed by atoms with Gasteiger partial charge >= 0.3 is 0 Å². The van der Waals surface area contributed by atoms with Crippen LogP contribution in [0.15, 0.2) is 65.1 Å². The summed E-state index contributed by atoms with van der Waals surface area (Å²) in [6, 6.07) is 18.8. The molecule has 8 heteroatoms. The van der Waals surface area contributed by atoms with Crippen molar-refractivity contribution in [3.63, 3.8) is 0 Å². The summed E-state index contributed by atoms with van der Waals surface area (Å²) in [4.78, 5) is 12.2. The minimum Gasteiger partial charge on any atom is -0.495 e. The van der Waals surface area contributed by atoms with Gasteiger partial charge in [0.25, 0.3) is 0 Å². The van der Waals surface area contributed by atoms with E-state index in [1.807, 2.05) is 53.1 Å². The summed E-state index contributed by atoms with van der Waals surface area (Å²) in [6.07, 6.45) is 1.02. The topological polar surface area (TPSA) is 78.5 Å². The zero-order chi connectivity index (χ0) is 22.2. The van der Waals surface area contributed by atoms with Crippen LogP contribution >= 0.6 is 11.6 Å². The summed E-state index contributed by atoms with van der Waals surface area (Å²) in [5.41, 5.74) is 2.83. The molecule has 4 rings (SSSR count). The Morgan fingerprint density at radius 1 is 1.10 bits per heavy atom. The number of rotatable bonds is 7. The van der Waals surface area contributed by atoms with Crippen molar-refractivity contribution in [3.05, 3.63) is 77.2 Å². The molecule has 6 nitrogen and oxygen atoms in total. The first kappa shape index (κ1) is 21.2. The number of ketones is 1. The predicted molar refractivity (Wildman–Crippen MR) is 121 cm³/mol. The number of hydrogen-bond acceptors (Lipinski definition) is 5. The first-order valence-corrected chi connectivity index (χ1v) is 11.9. The highest BCUT2D eigenvalue weighted by Gasteiger charge is 2.19. The number of methoxy groups -OCH3 is 1. The fourth-order valence-corrected chi connectivity index (χ4v) is 4.37. The van der Waals surface area contributed by atoms with Crippen LogP contribution in [0.4, 0.5) is 0 Å². The van der Waals surface area contributed by atoms with Crippen LogP contribution in [0.2, 0.25) is 5.02 Å². The number of carbonyl (C=O) groups excluding carboxylic acids is 1. The van der Waals surface area contributed by atoms with Crippen molar-refractivity contribution >= 4 is 38.1 Å².